The third kappa shape index (κ3) is 3.17. The first-order chi connectivity index (χ1) is 13.0. The molecule has 9 nitrogen and oxygen atoms in total. The summed E-state index contributed by atoms with van der Waals surface area (Å²) in [6.45, 7) is 1.70. The topological polar surface area (TPSA) is 113 Å². The average molecular weight is 380 g/mol. The zero-order valence-corrected chi connectivity index (χ0v) is 14.8. The Bertz CT molecular complexity index is 1070. The minimum atomic E-state index is -0.841. The largest absolute Gasteiger partial charge is 0.282 e. The lowest BCUT2D eigenvalue weighted by Crippen LogP contribution is -2.29. The van der Waals surface area contributed by atoms with E-state index in [4.69, 9.17) is 0 Å². The number of carbonyl (C=O) groups excluding carboxylic acids is 1. The molecule has 134 valence electrons. The number of azo groups is 1. The molecule has 0 aliphatic carbocycles. The summed E-state index contributed by atoms with van der Waals surface area (Å²) in [4.78, 5) is 27.3. The van der Waals surface area contributed by atoms with Crippen molar-refractivity contribution in [1.29, 1.82) is 0 Å². The number of aromatic nitrogens is 1. The Morgan fingerprint density at radius 1 is 1.19 bits per heavy atom. The Kier molecular flexibility index (Phi) is 4.16. The summed E-state index contributed by atoms with van der Waals surface area (Å²) in [6, 6.07) is 12.4. The molecule has 3 aromatic rings. The van der Waals surface area contributed by atoms with Gasteiger partial charge in [-0.1, -0.05) is 23.5 Å². The maximum atomic E-state index is 12.7. The van der Waals surface area contributed by atoms with Crippen LogP contribution in [-0.2, 0) is 4.79 Å². The lowest BCUT2D eigenvalue weighted by Gasteiger charge is -2.07. The molecule has 0 N–H and O–H groups in total. The number of anilines is 1. The van der Waals surface area contributed by atoms with Gasteiger partial charge in [-0.25, -0.2) is 4.98 Å². The molecule has 1 aromatic heterocycles. The van der Waals surface area contributed by atoms with E-state index in [1.165, 1.54) is 40.6 Å². The van der Waals surface area contributed by atoms with Crippen molar-refractivity contribution in [3.8, 4) is 0 Å². The summed E-state index contributed by atoms with van der Waals surface area (Å²) < 4.78 is 0.962. The Hall–Kier alpha value is -3.53. The Balaban J connectivity index is 1.55. The van der Waals surface area contributed by atoms with Gasteiger partial charge >= 0.3 is 0 Å². The van der Waals surface area contributed by atoms with Crippen LogP contribution in [0.4, 0.5) is 16.5 Å². The maximum absolute atomic E-state index is 12.7. The van der Waals surface area contributed by atoms with E-state index in [1.807, 2.05) is 24.3 Å². The van der Waals surface area contributed by atoms with Gasteiger partial charge in [-0.2, -0.15) is 20.3 Å². The van der Waals surface area contributed by atoms with E-state index in [9.17, 15) is 14.9 Å². The van der Waals surface area contributed by atoms with Crippen LogP contribution in [0.25, 0.3) is 10.2 Å². The zero-order valence-electron chi connectivity index (χ0n) is 14.0. The molecular formula is C17H12N6O3S. The standard InChI is InChI=1S/C17H12N6O3S/c1-10-15(20-19-11-6-8-12(9-7-11)23(25)26)16(24)22(21-10)17-18-13-4-2-3-5-14(13)27-17/h2-9,15H,1H3. The van der Waals surface area contributed by atoms with Crippen LogP contribution in [0, 0.1) is 10.1 Å². The number of hydrogen-bond donors (Lipinski definition) is 0. The van der Waals surface area contributed by atoms with Crippen LogP contribution in [0.2, 0.25) is 0 Å². The quantitative estimate of drug-likeness (QED) is 0.385. The van der Waals surface area contributed by atoms with E-state index < -0.39 is 11.0 Å². The number of thiazole rings is 1. The van der Waals surface area contributed by atoms with Gasteiger partial charge in [0.05, 0.1) is 26.5 Å². The zero-order chi connectivity index (χ0) is 19.0. The molecule has 4 rings (SSSR count). The first kappa shape index (κ1) is 16.9. The number of non-ortho nitro benzene ring substituents is 1. The number of nitrogens with zero attached hydrogens (tertiary/aromatic N) is 6. The Labute approximate surface area is 156 Å². The number of benzene rings is 2. The van der Waals surface area contributed by atoms with Gasteiger partial charge in [0.2, 0.25) is 5.13 Å². The van der Waals surface area contributed by atoms with Crippen molar-refractivity contribution < 1.29 is 9.72 Å². The van der Waals surface area contributed by atoms with E-state index in [2.05, 4.69) is 20.3 Å². The van der Waals surface area contributed by atoms with Gasteiger partial charge in [-0.15, -0.1) is 0 Å². The first-order valence-electron chi connectivity index (χ1n) is 7.93. The lowest BCUT2D eigenvalue weighted by molar-refractivity contribution is -0.384. The molecule has 10 heteroatoms. The van der Waals surface area contributed by atoms with Crippen LogP contribution in [-0.4, -0.2) is 27.6 Å². The predicted octanol–water partition coefficient (Wildman–Crippen LogP) is 4.08. The van der Waals surface area contributed by atoms with Crippen LogP contribution >= 0.6 is 11.3 Å². The second-order valence-electron chi connectivity index (χ2n) is 5.75. The van der Waals surface area contributed by atoms with Gasteiger partial charge in [0.15, 0.2) is 6.04 Å². The molecule has 0 saturated carbocycles. The van der Waals surface area contributed by atoms with E-state index in [0.29, 0.717) is 16.5 Å². The molecule has 27 heavy (non-hydrogen) atoms. The smallest absolute Gasteiger partial charge is 0.269 e. The number of nitro groups is 1. The van der Waals surface area contributed by atoms with E-state index in [-0.39, 0.29) is 11.6 Å². The monoisotopic (exact) mass is 380 g/mol. The van der Waals surface area contributed by atoms with Crippen LogP contribution in [0.15, 0.2) is 63.9 Å². The number of hydrogen-bond acceptors (Lipinski definition) is 8. The summed E-state index contributed by atoms with van der Waals surface area (Å²) in [5, 5.41) is 24.8. The molecule has 0 spiro atoms. The molecule has 1 atom stereocenters. The van der Waals surface area contributed by atoms with Crippen LogP contribution in [0.1, 0.15) is 6.92 Å². The molecule has 1 aliphatic heterocycles. The van der Waals surface area contributed by atoms with Gasteiger partial charge in [0, 0.05) is 12.1 Å². The third-order valence-electron chi connectivity index (χ3n) is 3.91. The van der Waals surface area contributed by atoms with Gasteiger partial charge in [-0.3, -0.25) is 14.9 Å². The second kappa shape index (κ2) is 6.65. The van der Waals surface area contributed by atoms with E-state index in [0.717, 1.165) is 10.2 Å². The molecule has 0 radical (unpaired) electrons. The second-order valence-corrected chi connectivity index (χ2v) is 6.76. The highest BCUT2D eigenvalue weighted by Gasteiger charge is 2.36. The van der Waals surface area contributed by atoms with Gasteiger partial charge in [-0.05, 0) is 31.2 Å². The number of carbonyl (C=O) groups is 1. The third-order valence-corrected chi connectivity index (χ3v) is 4.92. The van der Waals surface area contributed by atoms with Gasteiger partial charge < -0.3 is 0 Å². The molecule has 1 amide bonds. The number of rotatable bonds is 4. The molecular weight excluding hydrogens is 368 g/mol. The van der Waals surface area contributed by atoms with E-state index in [1.54, 1.807) is 6.92 Å². The Morgan fingerprint density at radius 2 is 1.93 bits per heavy atom. The van der Waals surface area contributed by atoms with Crippen LogP contribution in [0.5, 0.6) is 0 Å². The molecule has 2 aromatic carbocycles. The minimum Gasteiger partial charge on any atom is -0.269 e. The van der Waals surface area contributed by atoms with Crippen molar-refractivity contribution in [2.45, 2.75) is 13.0 Å². The fraction of sp³-hybridized carbons (Fsp3) is 0.118. The highest BCUT2D eigenvalue weighted by molar-refractivity contribution is 7.22. The highest BCUT2D eigenvalue weighted by Crippen LogP contribution is 2.31. The summed E-state index contributed by atoms with van der Waals surface area (Å²) in [6.07, 6.45) is 0. The van der Waals surface area contributed by atoms with Crippen molar-refractivity contribution in [2.24, 2.45) is 15.3 Å². The average Bonchev–Trinajstić information content (AvgIpc) is 3.21. The number of fused-ring (bicyclic) bond motifs is 1. The molecule has 2 heterocycles. The molecule has 0 fully saturated rings. The van der Waals surface area contributed by atoms with Crippen molar-refractivity contribution in [3.05, 3.63) is 58.6 Å². The highest BCUT2D eigenvalue weighted by atomic mass is 32.1. The van der Waals surface area contributed by atoms with Crippen LogP contribution < -0.4 is 5.01 Å². The number of nitro benzene ring substituents is 1. The van der Waals surface area contributed by atoms with Crippen molar-refractivity contribution in [3.63, 3.8) is 0 Å². The number of para-hydroxylation sites is 1. The van der Waals surface area contributed by atoms with E-state index >= 15 is 0 Å². The van der Waals surface area contributed by atoms with Gasteiger partial charge in [0.1, 0.15) is 0 Å². The fourth-order valence-electron chi connectivity index (χ4n) is 2.54. The van der Waals surface area contributed by atoms with Crippen LogP contribution in [0.3, 0.4) is 0 Å². The normalized spacial score (nSPS) is 17.1. The van der Waals surface area contributed by atoms with Crippen molar-refractivity contribution in [2.75, 3.05) is 5.01 Å². The minimum absolute atomic E-state index is 0.0364. The number of amides is 1. The molecule has 1 aliphatic rings. The predicted molar refractivity (Wildman–Crippen MR) is 102 cm³/mol. The first-order valence-corrected chi connectivity index (χ1v) is 8.74. The summed E-state index contributed by atoms with van der Waals surface area (Å²) in [5.41, 5.74) is 1.68. The van der Waals surface area contributed by atoms with Crippen molar-refractivity contribution in [1.82, 2.24) is 4.98 Å². The Morgan fingerprint density at radius 3 is 2.63 bits per heavy atom. The van der Waals surface area contributed by atoms with Gasteiger partial charge in [0.25, 0.3) is 11.6 Å². The SMILES string of the molecule is CC1=NN(c2nc3ccccc3s2)C(=O)C1N=Nc1ccc([N+](=O)[O-])cc1. The summed E-state index contributed by atoms with van der Waals surface area (Å²) in [5.74, 6) is -0.336. The molecule has 1 unspecified atom stereocenters. The fourth-order valence-corrected chi connectivity index (χ4v) is 3.47. The maximum Gasteiger partial charge on any atom is 0.282 e. The summed E-state index contributed by atoms with van der Waals surface area (Å²) >= 11 is 1.37. The molecule has 0 bridgehead atoms. The lowest BCUT2D eigenvalue weighted by atomic mass is 10.2. The molecule has 0 saturated heterocycles. The number of hydrazone groups is 1. The summed E-state index contributed by atoms with van der Waals surface area (Å²) in [7, 11) is 0. The van der Waals surface area contributed by atoms with Crippen molar-refractivity contribution >= 4 is 49.7 Å².